The average Bonchev–Trinajstić information content (AvgIpc) is 2.17. The van der Waals surface area contributed by atoms with Gasteiger partial charge in [-0.15, -0.1) is 0 Å². The van der Waals surface area contributed by atoms with Crippen LogP contribution in [0.15, 0.2) is 24.4 Å². The van der Waals surface area contributed by atoms with E-state index < -0.39 is 0 Å². The molecule has 0 bridgehead atoms. The van der Waals surface area contributed by atoms with Crippen molar-refractivity contribution in [1.82, 2.24) is 4.98 Å². The van der Waals surface area contributed by atoms with Crippen LogP contribution in [0.4, 0.5) is 0 Å². The average molecular weight is 159 g/mol. The van der Waals surface area contributed by atoms with Gasteiger partial charge in [-0.25, -0.2) is 0 Å². The summed E-state index contributed by atoms with van der Waals surface area (Å²) in [6.45, 7) is 2.10. The fourth-order valence-corrected chi connectivity index (χ4v) is 1.80. The maximum Gasteiger partial charge on any atom is 0.0690 e. The van der Waals surface area contributed by atoms with Crippen molar-refractivity contribution in [2.75, 3.05) is 0 Å². The molecular weight excluding hydrogens is 146 g/mol. The standard InChI is InChI=1S/C11H13N/c1-2-9-5-3-6-10-7-4-8-12-11(9)10/h2,4,7-8H,3,5-6H2,1H3/b9-2+. The summed E-state index contributed by atoms with van der Waals surface area (Å²) in [5, 5.41) is 0. The van der Waals surface area contributed by atoms with E-state index in [4.69, 9.17) is 0 Å². The molecule has 1 heterocycles. The van der Waals surface area contributed by atoms with Crippen LogP contribution in [0.5, 0.6) is 0 Å². The fraction of sp³-hybridized carbons (Fsp3) is 0.364. The third-order valence-corrected chi connectivity index (χ3v) is 2.44. The molecule has 1 aliphatic carbocycles. The van der Waals surface area contributed by atoms with Gasteiger partial charge in [-0.3, -0.25) is 4.98 Å². The third-order valence-electron chi connectivity index (χ3n) is 2.44. The summed E-state index contributed by atoms with van der Waals surface area (Å²) < 4.78 is 0. The van der Waals surface area contributed by atoms with E-state index in [2.05, 4.69) is 24.1 Å². The molecule has 0 saturated carbocycles. The van der Waals surface area contributed by atoms with Gasteiger partial charge in [0.15, 0.2) is 0 Å². The Morgan fingerprint density at radius 1 is 1.42 bits per heavy atom. The molecule has 0 radical (unpaired) electrons. The summed E-state index contributed by atoms with van der Waals surface area (Å²) in [5.41, 5.74) is 4.06. The SMILES string of the molecule is C/C=C1\CCCc2cccnc21. The minimum atomic E-state index is 1.19. The van der Waals surface area contributed by atoms with Crippen LogP contribution in [0.25, 0.3) is 5.57 Å². The highest BCUT2D eigenvalue weighted by atomic mass is 14.7. The molecule has 0 spiro atoms. The van der Waals surface area contributed by atoms with Crippen LogP contribution in [0, 0.1) is 0 Å². The molecule has 1 nitrogen and oxygen atoms in total. The monoisotopic (exact) mass is 159 g/mol. The van der Waals surface area contributed by atoms with E-state index in [9.17, 15) is 0 Å². The number of fused-ring (bicyclic) bond motifs is 1. The Bertz CT molecular complexity index is 313. The zero-order valence-corrected chi connectivity index (χ0v) is 7.38. The van der Waals surface area contributed by atoms with Crippen molar-refractivity contribution in [3.63, 3.8) is 0 Å². The second kappa shape index (κ2) is 3.10. The minimum absolute atomic E-state index is 1.19. The summed E-state index contributed by atoms with van der Waals surface area (Å²) in [7, 11) is 0. The Kier molecular flexibility index (Phi) is 1.94. The predicted octanol–water partition coefficient (Wildman–Crippen LogP) is 2.82. The molecule has 0 fully saturated rings. The zero-order chi connectivity index (χ0) is 8.39. The second-order valence-corrected chi connectivity index (χ2v) is 3.18. The topological polar surface area (TPSA) is 12.9 Å². The molecular formula is C11H13N. The Labute approximate surface area is 73.1 Å². The molecule has 0 aromatic carbocycles. The van der Waals surface area contributed by atoms with Gasteiger partial charge in [0.1, 0.15) is 0 Å². The van der Waals surface area contributed by atoms with Crippen LogP contribution in [-0.4, -0.2) is 4.98 Å². The van der Waals surface area contributed by atoms with Crippen LogP contribution in [0.2, 0.25) is 0 Å². The van der Waals surface area contributed by atoms with E-state index in [-0.39, 0.29) is 0 Å². The lowest BCUT2D eigenvalue weighted by molar-refractivity contribution is 0.808. The molecule has 0 amide bonds. The summed E-state index contributed by atoms with van der Waals surface area (Å²) in [6, 6.07) is 4.21. The minimum Gasteiger partial charge on any atom is -0.256 e. The Morgan fingerprint density at radius 3 is 3.17 bits per heavy atom. The zero-order valence-electron chi connectivity index (χ0n) is 7.38. The molecule has 62 valence electrons. The predicted molar refractivity (Wildman–Crippen MR) is 50.8 cm³/mol. The first-order chi connectivity index (χ1) is 5.92. The summed E-state index contributed by atoms with van der Waals surface area (Å²) in [5.74, 6) is 0. The van der Waals surface area contributed by atoms with Crippen molar-refractivity contribution < 1.29 is 0 Å². The number of hydrogen-bond donors (Lipinski definition) is 0. The van der Waals surface area contributed by atoms with Crippen molar-refractivity contribution in [2.24, 2.45) is 0 Å². The number of aromatic nitrogens is 1. The van der Waals surface area contributed by atoms with Crippen molar-refractivity contribution in [3.8, 4) is 0 Å². The summed E-state index contributed by atoms with van der Waals surface area (Å²) >= 11 is 0. The lowest BCUT2D eigenvalue weighted by atomic mass is 9.91. The van der Waals surface area contributed by atoms with E-state index in [0.29, 0.717) is 0 Å². The second-order valence-electron chi connectivity index (χ2n) is 3.18. The van der Waals surface area contributed by atoms with Crippen LogP contribution >= 0.6 is 0 Å². The number of hydrogen-bond acceptors (Lipinski definition) is 1. The first-order valence-corrected chi connectivity index (χ1v) is 4.51. The number of allylic oxidation sites excluding steroid dienone is 2. The fourth-order valence-electron chi connectivity index (χ4n) is 1.80. The highest BCUT2D eigenvalue weighted by Gasteiger charge is 2.12. The molecule has 0 aliphatic heterocycles. The summed E-state index contributed by atoms with van der Waals surface area (Å²) in [6.07, 6.45) is 7.73. The first kappa shape index (κ1) is 7.53. The van der Waals surface area contributed by atoms with E-state index >= 15 is 0 Å². The van der Waals surface area contributed by atoms with Crippen LogP contribution < -0.4 is 0 Å². The Balaban J connectivity index is 2.51. The Hall–Kier alpha value is -1.11. The molecule has 12 heavy (non-hydrogen) atoms. The summed E-state index contributed by atoms with van der Waals surface area (Å²) in [4.78, 5) is 4.40. The van der Waals surface area contributed by atoms with Crippen molar-refractivity contribution >= 4 is 5.57 Å². The number of nitrogens with zero attached hydrogens (tertiary/aromatic N) is 1. The van der Waals surface area contributed by atoms with Crippen molar-refractivity contribution in [3.05, 3.63) is 35.7 Å². The molecule has 1 aromatic heterocycles. The van der Waals surface area contributed by atoms with Crippen molar-refractivity contribution in [1.29, 1.82) is 0 Å². The van der Waals surface area contributed by atoms with Gasteiger partial charge in [-0.1, -0.05) is 12.1 Å². The molecule has 2 rings (SSSR count). The largest absolute Gasteiger partial charge is 0.256 e. The maximum absolute atomic E-state index is 4.40. The van der Waals surface area contributed by atoms with Gasteiger partial charge in [0, 0.05) is 6.20 Å². The molecule has 0 atom stereocenters. The third kappa shape index (κ3) is 1.15. The number of aryl methyl sites for hydroxylation is 1. The normalized spacial score (nSPS) is 19.2. The molecule has 1 aromatic rings. The van der Waals surface area contributed by atoms with E-state index in [1.165, 1.54) is 36.1 Å². The maximum atomic E-state index is 4.40. The lowest BCUT2D eigenvalue weighted by Gasteiger charge is -2.16. The van der Waals surface area contributed by atoms with Gasteiger partial charge in [-0.05, 0) is 43.4 Å². The van der Waals surface area contributed by atoms with Gasteiger partial charge in [0.2, 0.25) is 0 Å². The molecule has 0 unspecified atom stereocenters. The molecule has 0 N–H and O–H groups in total. The van der Waals surface area contributed by atoms with Crippen LogP contribution in [0.1, 0.15) is 31.0 Å². The highest BCUT2D eigenvalue weighted by molar-refractivity contribution is 5.66. The van der Waals surface area contributed by atoms with E-state index in [1.807, 2.05) is 12.3 Å². The van der Waals surface area contributed by atoms with Crippen LogP contribution in [0.3, 0.4) is 0 Å². The van der Waals surface area contributed by atoms with Crippen molar-refractivity contribution in [2.45, 2.75) is 26.2 Å². The Morgan fingerprint density at radius 2 is 2.33 bits per heavy atom. The van der Waals surface area contributed by atoms with Gasteiger partial charge in [0.05, 0.1) is 5.69 Å². The molecule has 1 heteroatoms. The van der Waals surface area contributed by atoms with Gasteiger partial charge in [-0.2, -0.15) is 0 Å². The lowest BCUT2D eigenvalue weighted by Crippen LogP contribution is -2.03. The van der Waals surface area contributed by atoms with Crippen LogP contribution in [-0.2, 0) is 6.42 Å². The highest BCUT2D eigenvalue weighted by Crippen LogP contribution is 2.28. The van der Waals surface area contributed by atoms with E-state index in [1.54, 1.807) is 0 Å². The molecule has 1 aliphatic rings. The number of pyridine rings is 1. The van der Waals surface area contributed by atoms with E-state index in [0.717, 1.165) is 0 Å². The first-order valence-electron chi connectivity index (χ1n) is 4.51. The smallest absolute Gasteiger partial charge is 0.0690 e. The van der Waals surface area contributed by atoms with Gasteiger partial charge in [0.25, 0.3) is 0 Å². The van der Waals surface area contributed by atoms with Gasteiger partial charge >= 0.3 is 0 Å². The van der Waals surface area contributed by atoms with Gasteiger partial charge < -0.3 is 0 Å². The quantitative estimate of drug-likeness (QED) is 0.567. The molecule has 0 saturated heterocycles. The number of rotatable bonds is 0.